The Morgan fingerprint density at radius 2 is 1.50 bits per heavy atom. The Hall–Kier alpha value is -1.96. The molecule has 0 N–H and O–H groups in total. The van der Waals surface area contributed by atoms with E-state index < -0.39 is 0 Å². The van der Waals surface area contributed by atoms with E-state index in [0.29, 0.717) is 5.57 Å². The van der Waals surface area contributed by atoms with Crippen LogP contribution < -0.4 is 0 Å². The molecule has 0 radical (unpaired) electrons. The molecule has 1 aromatic rings. The summed E-state index contributed by atoms with van der Waals surface area (Å²) in [4.78, 5) is 23.0. The molecule has 18 heavy (non-hydrogen) atoms. The predicted octanol–water partition coefficient (Wildman–Crippen LogP) is 3.08. The third-order valence-corrected chi connectivity index (χ3v) is 3.01. The van der Waals surface area contributed by atoms with E-state index in [1.807, 2.05) is 24.3 Å². The number of ketones is 2. The fraction of sp³-hybridized carbons (Fsp3) is 0.250. The van der Waals surface area contributed by atoms with Crippen LogP contribution in [0.25, 0.3) is 5.57 Å². The monoisotopic (exact) mass is 240 g/mol. The van der Waals surface area contributed by atoms with E-state index in [4.69, 9.17) is 0 Å². The van der Waals surface area contributed by atoms with Gasteiger partial charge in [-0.3, -0.25) is 9.59 Å². The summed E-state index contributed by atoms with van der Waals surface area (Å²) >= 11 is 0. The topological polar surface area (TPSA) is 34.1 Å². The van der Waals surface area contributed by atoms with E-state index in [2.05, 4.69) is 20.8 Å². The summed E-state index contributed by atoms with van der Waals surface area (Å²) in [5.41, 5.74) is 2.56. The Bertz CT molecular complexity index is 552. The average molecular weight is 240 g/mol. The lowest BCUT2D eigenvalue weighted by Crippen LogP contribution is -2.11. The van der Waals surface area contributed by atoms with Gasteiger partial charge in [0.05, 0.1) is 0 Å². The molecule has 2 nitrogen and oxygen atoms in total. The first-order valence-corrected chi connectivity index (χ1v) is 5.97. The lowest BCUT2D eigenvalue weighted by atomic mass is 9.85. The van der Waals surface area contributed by atoms with Crippen molar-refractivity contribution in [3.05, 3.63) is 53.6 Å². The second-order valence-corrected chi connectivity index (χ2v) is 5.49. The van der Waals surface area contributed by atoms with Crippen LogP contribution in [0.15, 0.2) is 42.5 Å². The van der Waals surface area contributed by atoms with Crippen molar-refractivity contribution in [3.63, 3.8) is 0 Å². The van der Waals surface area contributed by atoms with Gasteiger partial charge in [0.15, 0.2) is 11.6 Å². The van der Waals surface area contributed by atoms with Crippen molar-refractivity contribution in [2.24, 2.45) is 0 Å². The fourth-order valence-electron chi connectivity index (χ4n) is 1.88. The fourth-order valence-corrected chi connectivity index (χ4v) is 1.88. The quantitative estimate of drug-likeness (QED) is 0.707. The summed E-state index contributed by atoms with van der Waals surface area (Å²) < 4.78 is 0. The molecule has 0 aliphatic heterocycles. The summed E-state index contributed by atoms with van der Waals surface area (Å²) in [5.74, 6) is -0.248. The Labute approximate surface area is 107 Å². The van der Waals surface area contributed by atoms with Gasteiger partial charge in [0, 0.05) is 5.57 Å². The molecule has 1 aromatic carbocycles. The van der Waals surface area contributed by atoms with E-state index in [0.717, 1.165) is 5.56 Å². The average Bonchev–Trinajstić information content (AvgIpc) is 2.31. The predicted molar refractivity (Wildman–Crippen MR) is 72.3 cm³/mol. The summed E-state index contributed by atoms with van der Waals surface area (Å²) in [6.45, 7) is 6.41. The molecule has 1 aliphatic rings. The Balaban J connectivity index is 2.36. The number of allylic oxidation sites excluding steroid dienone is 4. The minimum atomic E-state index is -0.135. The molecule has 1 aliphatic carbocycles. The SMILES string of the molecule is CC(C)(C)c1ccc(C2=CC(=O)C=CC2=O)cc1. The smallest absolute Gasteiger partial charge is 0.186 e. The Morgan fingerprint density at radius 3 is 2.06 bits per heavy atom. The highest BCUT2D eigenvalue weighted by molar-refractivity contribution is 6.33. The molecule has 0 fully saturated rings. The van der Waals surface area contributed by atoms with Gasteiger partial charge in [-0.25, -0.2) is 0 Å². The molecule has 2 rings (SSSR count). The highest BCUT2D eigenvalue weighted by atomic mass is 16.1. The van der Waals surface area contributed by atoms with Gasteiger partial charge in [0.25, 0.3) is 0 Å². The number of hydrogen-bond acceptors (Lipinski definition) is 2. The van der Waals surface area contributed by atoms with Gasteiger partial charge < -0.3 is 0 Å². The normalized spacial score (nSPS) is 15.8. The Morgan fingerprint density at radius 1 is 0.889 bits per heavy atom. The summed E-state index contributed by atoms with van der Waals surface area (Å²) in [6.07, 6.45) is 4.03. The maximum atomic E-state index is 11.7. The number of benzene rings is 1. The van der Waals surface area contributed by atoms with E-state index in [1.54, 1.807) is 0 Å². The molecule has 0 heterocycles. The van der Waals surface area contributed by atoms with Crippen molar-refractivity contribution in [3.8, 4) is 0 Å². The van der Waals surface area contributed by atoms with Crippen LogP contribution in [0.3, 0.4) is 0 Å². The van der Waals surface area contributed by atoms with Gasteiger partial charge in [0.2, 0.25) is 0 Å². The summed E-state index contributed by atoms with van der Waals surface area (Å²) in [6, 6.07) is 7.81. The van der Waals surface area contributed by atoms with Crippen molar-refractivity contribution >= 4 is 17.1 Å². The summed E-state index contributed by atoms with van der Waals surface area (Å²) in [5, 5.41) is 0. The summed E-state index contributed by atoms with van der Waals surface area (Å²) in [7, 11) is 0. The van der Waals surface area contributed by atoms with Crippen LogP contribution in [-0.4, -0.2) is 11.6 Å². The second kappa shape index (κ2) is 4.37. The van der Waals surface area contributed by atoms with Crippen molar-refractivity contribution in [2.45, 2.75) is 26.2 Å². The van der Waals surface area contributed by atoms with Gasteiger partial charge in [-0.1, -0.05) is 45.0 Å². The molecule has 2 heteroatoms. The van der Waals surface area contributed by atoms with Crippen LogP contribution in [0, 0.1) is 0 Å². The van der Waals surface area contributed by atoms with E-state index >= 15 is 0 Å². The van der Waals surface area contributed by atoms with Crippen LogP contribution in [0.5, 0.6) is 0 Å². The zero-order valence-electron chi connectivity index (χ0n) is 10.9. The molecule has 0 saturated carbocycles. The molecule has 0 aromatic heterocycles. The van der Waals surface area contributed by atoms with Gasteiger partial charge >= 0.3 is 0 Å². The largest absolute Gasteiger partial charge is 0.290 e. The van der Waals surface area contributed by atoms with Crippen molar-refractivity contribution < 1.29 is 9.59 Å². The maximum absolute atomic E-state index is 11.7. The molecular formula is C16H16O2. The highest BCUT2D eigenvalue weighted by Crippen LogP contribution is 2.25. The molecular weight excluding hydrogens is 224 g/mol. The van der Waals surface area contributed by atoms with Gasteiger partial charge in [-0.15, -0.1) is 0 Å². The lowest BCUT2D eigenvalue weighted by Gasteiger charge is -2.19. The standard InChI is InChI=1S/C16H16O2/c1-16(2,3)12-6-4-11(5-7-12)14-10-13(17)8-9-15(14)18/h4-10H,1-3H3. The molecule has 0 amide bonds. The number of carbonyl (C=O) groups excluding carboxylic acids is 2. The van der Waals surface area contributed by atoms with Gasteiger partial charge in [0.1, 0.15) is 0 Å². The number of rotatable bonds is 1. The molecule has 92 valence electrons. The van der Waals surface area contributed by atoms with Crippen LogP contribution >= 0.6 is 0 Å². The first-order chi connectivity index (χ1) is 8.38. The minimum Gasteiger partial charge on any atom is -0.290 e. The zero-order valence-corrected chi connectivity index (χ0v) is 10.9. The molecule has 0 unspecified atom stereocenters. The van der Waals surface area contributed by atoms with Crippen molar-refractivity contribution in [2.75, 3.05) is 0 Å². The third-order valence-electron chi connectivity index (χ3n) is 3.01. The van der Waals surface area contributed by atoms with E-state index in [9.17, 15) is 9.59 Å². The highest BCUT2D eigenvalue weighted by Gasteiger charge is 2.17. The van der Waals surface area contributed by atoms with Crippen LogP contribution in [-0.2, 0) is 15.0 Å². The van der Waals surface area contributed by atoms with E-state index in [-0.39, 0.29) is 17.0 Å². The van der Waals surface area contributed by atoms with Crippen molar-refractivity contribution in [1.82, 2.24) is 0 Å². The number of carbonyl (C=O) groups is 2. The molecule has 0 bridgehead atoms. The molecule has 0 saturated heterocycles. The van der Waals surface area contributed by atoms with Crippen LogP contribution in [0.1, 0.15) is 31.9 Å². The van der Waals surface area contributed by atoms with Crippen LogP contribution in [0.2, 0.25) is 0 Å². The minimum absolute atomic E-state index is 0.0825. The number of hydrogen-bond donors (Lipinski definition) is 0. The van der Waals surface area contributed by atoms with E-state index in [1.165, 1.54) is 23.8 Å². The molecule has 0 spiro atoms. The first-order valence-electron chi connectivity index (χ1n) is 5.97. The lowest BCUT2D eigenvalue weighted by molar-refractivity contribution is -0.113. The van der Waals surface area contributed by atoms with Crippen molar-refractivity contribution in [1.29, 1.82) is 0 Å². The van der Waals surface area contributed by atoms with Crippen LogP contribution in [0.4, 0.5) is 0 Å². The zero-order chi connectivity index (χ0) is 13.3. The Kier molecular flexibility index (Phi) is 3.04. The molecule has 0 atom stereocenters. The second-order valence-electron chi connectivity index (χ2n) is 5.49. The third kappa shape index (κ3) is 2.48. The first kappa shape index (κ1) is 12.5. The van der Waals surface area contributed by atoms with Gasteiger partial charge in [-0.2, -0.15) is 0 Å². The van der Waals surface area contributed by atoms with Gasteiger partial charge in [-0.05, 0) is 34.8 Å². The maximum Gasteiger partial charge on any atom is 0.186 e.